The van der Waals surface area contributed by atoms with E-state index in [1.165, 1.54) is 16.8 Å². The van der Waals surface area contributed by atoms with Crippen molar-refractivity contribution in [3.63, 3.8) is 0 Å². The van der Waals surface area contributed by atoms with Crippen molar-refractivity contribution in [3.05, 3.63) is 12.5 Å². The standard InChI is InChI=1S/C13H21N3O4S/c1-3-15-9-12(14-10-15)21(18,19)16-7-5-6-11(8-16)13(17)20-4-2/h9-11H,3-8H2,1-2H3. The predicted octanol–water partition coefficient (Wildman–Crippen LogP) is 0.867. The Labute approximate surface area is 125 Å². The van der Waals surface area contributed by atoms with Crippen LogP contribution in [0.1, 0.15) is 26.7 Å². The molecule has 0 radical (unpaired) electrons. The summed E-state index contributed by atoms with van der Waals surface area (Å²) in [5, 5.41) is 0.0360. The Morgan fingerprint density at radius 1 is 1.48 bits per heavy atom. The molecule has 2 heterocycles. The van der Waals surface area contributed by atoms with E-state index >= 15 is 0 Å². The Morgan fingerprint density at radius 3 is 2.86 bits per heavy atom. The Morgan fingerprint density at radius 2 is 2.24 bits per heavy atom. The molecule has 0 amide bonds. The van der Waals surface area contributed by atoms with Crippen LogP contribution in [0.3, 0.4) is 0 Å². The number of aryl methyl sites for hydroxylation is 1. The molecule has 7 nitrogen and oxygen atoms in total. The average Bonchev–Trinajstić information content (AvgIpc) is 2.97. The fourth-order valence-electron chi connectivity index (χ4n) is 2.39. The number of piperidine rings is 1. The van der Waals surface area contributed by atoms with Gasteiger partial charge >= 0.3 is 5.97 Å². The lowest BCUT2D eigenvalue weighted by Crippen LogP contribution is -2.42. The first-order valence-electron chi connectivity index (χ1n) is 7.17. The van der Waals surface area contributed by atoms with E-state index in [0.29, 0.717) is 32.5 Å². The molecule has 0 aromatic carbocycles. The van der Waals surface area contributed by atoms with Crippen LogP contribution in [-0.2, 0) is 26.1 Å². The summed E-state index contributed by atoms with van der Waals surface area (Å²) in [5.41, 5.74) is 0. The minimum atomic E-state index is -3.64. The molecule has 118 valence electrons. The molecule has 1 atom stereocenters. The zero-order chi connectivity index (χ0) is 15.5. The number of imidazole rings is 1. The van der Waals surface area contributed by atoms with E-state index in [4.69, 9.17) is 4.74 Å². The Hall–Kier alpha value is -1.41. The maximum Gasteiger partial charge on any atom is 0.310 e. The number of carbonyl (C=O) groups is 1. The van der Waals surface area contributed by atoms with Gasteiger partial charge in [0.15, 0.2) is 5.03 Å². The SMILES string of the molecule is CCOC(=O)C1CCCN(S(=O)(=O)c2cn(CC)cn2)C1. The van der Waals surface area contributed by atoms with Gasteiger partial charge in [-0.1, -0.05) is 0 Å². The van der Waals surface area contributed by atoms with Gasteiger partial charge in [-0.15, -0.1) is 0 Å². The van der Waals surface area contributed by atoms with Crippen molar-refractivity contribution in [1.82, 2.24) is 13.9 Å². The van der Waals surface area contributed by atoms with Crippen LogP contribution in [0.2, 0.25) is 0 Å². The minimum Gasteiger partial charge on any atom is -0.466 e. The van der Waals surface area contributed by atoms with Gasteiger partial charge in [0, 0.05) is 25.8 Å². The van der Waals surface area contributed by atoms with Crippen LogP contribution in [0.15, 0.2) is 17.6 Å². The monoisotopic (exact) mass is 315 g/mol. The fraction of sp³-hybridized carbons (Fsp3) is 0.692. The number of rotatable bonds is 5. The van der Waals surface area contributed by atoms with Gasteiger partial charge in [-0.25, -0.2) is 13.4 Å². The molecule has 0 saturated carbocycles. The van der Waals surface area contributed by atoms with Crippen LogP contribution in [0.5, 0.6) is 0 Å². The van der Waals surface area contributed by atoms with Crippen LogP contribution >= 0.6 is 0 Å². The second-order valence-corrected chi connectivity index (χ2v) is 6.88. The lowest BCUT2D eigenvalue weighted by molar-refractivity contribution is -0.149. The maximum atomic E-state index is 12.5. The summed E-state index contributed by atoms with van der Waals surface area (Å²) in [6.45, 7) is 5.21. The normalized spacial score (nSPS) is 20.4. The molecule has 8 heteroatoms. The van der Waals surface area contributed by atoms with Crippen LogP contribution in [-0.4, -0.2) is 47.9 Å². The Bertz CT molecular complexity index is 596. The molecule has 1 saturated heterocycles. The van der Waals surface area contributed by atoms with E-state index in [2.05, 4.69) is 4.98 Å². The third-order valence-electron chi connectivity index (χ3n) is 3.58. The van der Waals surface area contributed by atoms with Crippen LogP contribution < -0.4 is 0 Å². The third kappa shape index (κ3) is 3.44. The van der Waals surface area contributed by atoms with Crippen molar-refractivity contribution in [2.75, 3.05) is 19.7 Å². The third-order valence-corrected chi connectivity index (χ3v) is 5.33. The number of aromatic nitrogens is 2. The van der Waals surface area contributed by atoms with Gasteiger partial charge in [0.1, 0.15) is 0 Å². The molecule has 1 aliphatic heterocycles. The lowest BCUT2D eigenvalue weighted by Gasteiger charge is -2.29. The molecule has 2 rings (SSSR count). The van der Waals surface area contributed by atoms with Crippen molar-refractivity contribution in [2.45, 2.75) is 38.3 Å². The van der Waals surface area contributed by atoms with E-state index in [-0.39, 0.29) is 23.5 Å². The molecule has 0 aliphatic carbocycles. The van der Waals surface area contributed by atoms with Crippen molar-refractivity contribution >= 4 is 16.0 Å². The molecule has 0 bridgehead atoms. The van der Waals surface area contributed by atoms with Crippen LogP contribution in [0, 0.1) is 5.92 Å². The van der Waals surface area contributed by atoms with Crippen molar-refractivity contribution < 1.29 is 17.9 Å². The summed E-state index contributed by atoms with van der Waals surface area (Å²) in [4.78, 5) is 15.8. The molecule has 1 aromatic heterocycles. The van der Waals surface area contributed by atoms with Crippen molar-refractivity contribution in [3.8, 4) is 0 Å². The largest absolute Gasteiger partial charge is 0.466 e. The van der Waals surface area contributed by atoms with Gasteiger partial charge in [-0.05, 0) is 26.7 Å². The quantitative estimate of drug-likeness (QED) is 0.753. The van der Waals surface area contributed by atoms with E-state index in [1.54, 1.807) is 11.5 Å². The number of nitrogens with zero attached hydrogens (tertiary/aromatic N) is 3. The number of hydrogen-bond acceptors (Lipinski definition) is 5. The molecule has 21 heavy (non-hydrogen) atoms. The molecule has 1 aliphatic rings. The summed E-state index contributed by atoms with van der Waals surface area (Å²) in [6.07, 6.45) is 4.33. The highest BCUT2D eigenvalue weighted by Gasteiger charge is 2.35. The minimum absolute atomic E-state index is 0.0360. The molecule has 0 N–H and O–H groups in total. The highest BCUT2D eigenvalue weighted by molar-refractivity contribution is 7.89. The highest BCUT2D eigenvalue weighted by atomic mass is 32.2. The summed E-state index contributed by atoms with van der Waals surface area (Å²) >= 11 is 0. The second kappa shape index (κ2) is 6.57. The molecule has 1 aromatic rings. The molecular weight excluding hydrogens is 294 g/mol. The fourth-order valence-corrected chi connectivity index (χ4v) is 3.85. The predicted molar refractivity (Wildman–Crippen MR) is 76.0 cm³/mol. The molecular formula is C13H21N3O4S. The lowest BCUT2D eigenvalue weighted by atomic mass is 10.0. The first-order valence-corrected chi connectivity index (χ1v) is 8.61. The molecule has 0 spiro atoms. The highest BCUT2D eigenvalue weighted by Crippen LogP contribution is 2.23. The van der Waals surface area contributed by atoms with Gasteiger partial charge in [-0.2, -0.15) is 4.31 Å². The van der Waals surface area contributed by atoms with E-state index < -0.39 is 10.0 Å². The van der Waals surface area contributed by atoms with Gasteiger partial charge in [0.05, 0.1) is 18.9 Å². The first kappa shape index (κ1) is 16.0. The van der Waals surface area contributed by atoms with Crippen LogP contribution in [0.4, 0.5) is 0 Å². The number of esters is 1. The van der Waals surface area contributed by atoms with E-state index in [9.17, 15) is 13.2 Å². The van der Waals surface area contributed by atoms with Crippen molar-refractivity contribution in [2.24, 2.45) is 5.92 Å². The van der Waals surface area contributed by atoms with E-state index in [0.717, 1.165) is 0 Å². The van der Waals surface area contributed by atoms with Gasteiger partial charge < -0.3 is 9.30 Å². The number of hydrogen-bond donors (Lipinski definition) is 0. The topological polar surface area (TPSA) is 81.5 Å². The number of ether oxygens (including phenoxy) is 1. The van der Waals surface area contributed by atoms with Gasteiger partial charge in [0.25, 0.3) is 10.0 Å². The summed E-state index contributed by atoms with van der Waals surface area (Å²) < 4.78 is 33.1. The smallest absolute Gasteiger partial charge is 0.310 e. The Balaban J connectivity index is 2.14. The number of sulfonamides is 1. The maximum absolute atomic E-state index is 12.5. The van der Waals surface area contributed by atoms with Crippen molar-refractivity contribution in [1.29, 1.82) is 0 Å². The number of carbonyl (C=O) groups excluding carboxylic acids is 1. The molecule has 1 fully saturated rings. The zero-order valence-corrected chi connectivity index (χ0v) is 13.2. The van der Waals surface area contributed by atoms with Gasteiger partial charge in [0.2, 0.25) is 0 Å². The van der Waals surface area contributed by atoms with Crippen LogP contribution in [0.25, 0.3) is 0 Å². The first-order chi connectivity index (χ1) is 9.98. The van der Waals surface area contributed by atoms with E-state index in [1.807, 2.05) is 6.92 Å². The zero-order valence-electron chi connectivity index (χ0n) is 12.4. The van der Waals surface area contributed by atoms with Gasteiger partial charge in [-0.3, -0.25) is 4.79 Å². The summed E-state index contributed by atoms with van der Waals surface area (Å²) in [7, 11) is -3.64. The average molecular weight is 315 g/mol. The molecule has 1 unspecified atom stereocenters. The summed E-state index contributed by atoms with van der Waals surface area (Å²) in [5.74, 6) is -0.710. The summed E-state index contributed by atoms with van der Waals surface area (Å²) in [6, 6.07) is 0. The second-order valence-electron chi connectivity index (χ2n) is 5.00. The Kier molecular flexibility index (Phi) is 5.00.